The summed E-state index contributed by atoms with van der Waals surface area (Å²) < 4.78 is 0. The summed E-state index contributed by atoms with van der Waals surface area (Å²) in [5.41, 5.74) is 21.8. The first kappa shape index (κ1) is 26.6. The third-order valence-corrected chi connectivity index (χ3v) is 4.58. The SMILES string of the molecule is NCCCNC(=O)c1ccc([C@@H](CC(=O)O)NC(=O)NNC(=O)c2cccc(N=C(N)N)c2)cc1. The van der Waals surface area contributed by atoms with Crippen molar-refractivity contribution in [2.75, 3.05) is 13.1 Å². The number of hydrogen-bond acceptors (Lipinski definition) is 6. The Kier molecular flexibility index (Phi) is 10.00. The van der Waals surface area contributed by atoms with Crippen LogP contribution in [0.15, 0.2) is 53.5 Å². The number of aliphatic imine (C=N–C) groups is 1. The second-order valence-corrected chi connectivity index (χ2v) is 7.31. The first-order chi connectivity index (χ1) is 16.7. The minimum Gasteiger partial charge on any atom is -0.481 e. The van der Waals surface area contributed by atoms with Gasteiger partial charge in [-0.1, -0.05) is 18.2 Å². The van der Waals surface area contributed by atoms with Gasteiger partial charge in [0.05, 0.1) is 18.2 Å². The molecular formula is C22H28N8O5. The minimum atomic E-state index is -1.15. The third kappa shape index (κ3) is 9.01. The van der Waals surface area contributed by atoms with E-state index in [0.717, 1.165) is 0 Å². The molecule has 11 N–H and O–H groups in total. The smallest absolute Gasteiger partial charge is 0.333 e. The standard InChI is InChI=1S/C22H28N8O5/c23-9-2-10-26-19(33)14-7-5-13(6-8-14)17(12-18(31)32)28-22(35)30-29-20(34)15-3-1-4-16(11-15)27-21(24)25/h1,3-8,11,17H,2,9-10,12,23H2,(H,26,33)(H,29,34)(H,31,32)(H4,24,25,27)(H2,28,30,35)/t17-/m1/s1. The van der Waals surface area contributed by atoms with Crippen LogP contribution in [0.25, 0.3) is 0 Å². The molecule has 0 fully saturated rings. The van der Waals surface area contributed by atoms with E-state index in [1.807, 2.05) is 0 Å². The van der Waals surface area contributed by atoms with Crippen molar-refractivity contribution in [3.8, 4) is 0 Å². The van der Waals surface area contributed by atoms with Gasteiger partial charge in [-0.15, -0.1) is 0 Å². The summed E-state index contributed by atoms with van der Waals surface area (Å²) in [5.74, 6) is -2.27. The average Bonchev–Trinajstić information content (AvgIpc) is 2.81. The maximum absolute atomic E-state index is 12.3. The number of urea groups is 1. The lowest BCUT2D eigenvalue weighted by Gasteiger charge is -2.18. The quantitative estimate of drug-likeness (QED) is 0.0974. The molecule has 2 aromatic rings. The number of nitrogens with two attached hydrogens (primary N) is 3. The number of carboxylic acid groups (broad SMARTS) is 1. The first-order valence-electron chi connectivity index (χ1n) is 10.6. The van der Waals surface area contributed by atoms with Crippen LogP contribution in [-0.4, -0.2) is 48.0 Å². The van der Waals surface area contributed by atoms with Crippen LogP contribution in [0, 0.1) is 0 Å². The highest BCUT2D eigenvalue weighted by Gasteiger charge is 2.19. The van der Waals surface area contributed by atoms with E-state index in [2.05, 4.69) is 26.5 Å². The van der Waals surface area contributed by atoms with Crippen molar-refractivity contribution in [1.82, 2.24) is 21.5 Å². The lowest BCUT2D eigenvalue weighted by Crippen LogP contribution is -2.48. The van der Waals surface area contributed by atoms with Crippen LogP contribution in [0.1, 0.15) is 45.2 Å². The van der Waals surface area contributed by atoms with E-state index in [4.69, 9.17) is 17.2 Å². The lowest BCUT2D eigenvalue weighted by molar-refractivity contribution is -0.137. The molecule has 0 radical (unpaired) electrons. The zero-order chi connectivity index (χ0) is 25.8. The number of hydrazine groups is 1. The number of nitrogens with zero attached hydrogens (tertiary/aromatic N) is 1. The molecule has 13 nitrogen and oxygen atoms in total. The van der Waals surface area contributed by atoms with Crippen molar-refractivity contribution >= 4 is 35.5 Å². The summed E-state index contributed by atoms with van der Waals surface area (Å²) in [6, 6.07) is 10.4. The van der Waals surface area contributed by atoms with Crippen molar-refractivity contribution < 1.29 is 24.3 Å². The molecule has 186 valence electrons. The lowest BCUT2D eigenvalue weighted by atomic mass is 10.0. The number of hydrogen-bond donors (Lipinski definition) is 8. The van der Waals surface area contributed by atoms with Gasteiger partial charge in [0.2, 0.25) is 0 Å². The number of amides is 4. The largest absolute Gasteiger partial charge is 0.481 e. The Morgan fingerprint density at radius 3 is 2.29 bits per heavy atom. The Bertz CT molecular complexity index is 1080. The van der Waals surface area contributed by atoms with Crippen LogP contribution in [0.3, 0.4) is 0 Å². The molecule has 0 aliphatic carbocycles. The van der Waals surface area contributed by atoms with Gasteiger partial charge in [0.1, 0.15) is 0 Å². The van der Waals surface area contributed by atoms with Gasteiger partial charge in [-0.3, -0.25) is 19.8 Å². The fraction of sp³-hybridized carbons (Fsp3) is 0.227. The molecule has 0 bridgehead atoms. The van der Waals surface area contributed by atoms with Gasteiger partial charge in [-0.05, 0) is 48.9 Å². The van der Waals surface area contributed by atoms with E-state index in [1.54, 1.807) is 24.3 Å². The van der Waals surface area contributed by atoms with Crippen LogP contribution in [0.5, 0.6) is 0 Å². The summed E-state index contributed by atoms with van der Waals surface area (Å²) in [7, 11) is 0. The Hall–Kier alpha value is -4.65. The zero-order valence-corrected chi connectivity index (χ0v) is 18.8. The van der Waals surface area contributed by atoms with E-state index >= 15 is 0 Å². The van der Waals surface area contributed by atoms with Crippen LogP contribution >= 0.6 is 0 Å². The predicted molar refractivity (Wildman–Crippen MR) is 128 cm³/mol. The Morgan fingerprint density at radius 1 is 0.943 bits per heavy atom. The predicted octanol–water partition coefficient (Wildman–Crippen LogP) is -0.170. The van der Waals surface area contributed by atoms with Gasteiger partial charge in [0.15, 0.2) is 5.96 Å². The van der Waals surface area contributed by atoms with Crippen molar-refractivity contribution in [2.45, 2.75) is 18.9 Å². The molecule has 0 aliphatic heterocycles. The number of carboxylic acids is 1. The van der Waals surface area contributed by atoms with E-state index < -0.39 is 30.4 Å². The molecule has 13 heteroatoms. The Morgan fingerprint density at radius 2 is 1.66 bits per heavy atom. The van der Waals surface area contributed by atoms with Gasteiger partial charge in [0, 0.05) is 17.7 Å². The minimum absolute atomic E-state index is 0.176. The number of carbonyl (C=O) groups excluding carboxylic acids is 3. The highest BCUT2D eigenvalue weighted by atomic mass is 16.4. The summed E-state index contributed by atoms with van der Waals surface area (Å²) in [4.78, 5) is 51.9. The second-order valence-electron chi connectivity index (χ2n) is 7.31. The molecule has 4 amide bonds. The van der Waals surface area contributed by atoms with Crippen LogP contribution in [0.4, 0.5) is 10.5 Å². The molecule has 0 saturated heterocycles. The van der Waals surface area contributed by atoms with Crippen LogP contribution in [0.2, 0.25) is 0 Å². The number of benzene rings is 2. The molecular weight excluding hydrogens is 456 g/mol. The van der Waals surface area contributed by atoms with Gasteiger partial charge in [-0.2, -0.15) is 0 Å². The average molecular weight is 485 g/mol. The molecule has 1 atom stereocenters. The van der Waals surface area contributed by atoms with Crippen molar-refractivity contribution in [3.63, 3.8) is 0 Å². The molecule has 0 unspecified atom stereocenters. The zero-order valence-electron chi connectivity index (χ0n) is 18.8. The fourth-order valence-electron chi connectivity index (χ4n) is 2.95. The Labute approximate surface area is 201 Å². The monoisotopic (exact) mass is 484 g/mol. The van der Waals surface area contributed by atoms with Crippen molar-refractivity contribution in [2.24, 2.45) is 22.2 Å². The van der Waals surface area contributed by atoms with Crippen LogP contribution < -0.4 is 38.7 Å². The van der Waals surface area contributed by atoms with E-state index in [0.29, 0.717) is 36.3 Å². The molecule has 0 spiro atoms. The maximum atomic E-state index is 12.3. The molecule has 0 saturated carbocycles. The molecule has 2 aromatic carbocycles. The van der Waals surface area contributed by atoms with E-state index in [1.165, 1.54) is 24.3 Å². The molecule has 0 heterocycles. The second kappa shape index (κ2) is 13.2. The number of nitrogens with one attached hydrogen (secondary N) is 4. The fourth-order valence-corrected chi connectivity index (χ4v) is 2.95. The van der Waals surface area contributed by atoms with Crippen molar-refractivity contribution in [1.29, 1.82) is 0 Å². The maximum Gasteiger partial charge on any atom is 0.333 e. The number of rotatable bonds is 10. The van der Waals surface area contributed by atoms with Gasteiger partial charge in [0.25, 0.3) is 11.8 Å². The highest BCUT2D eigenvalue weighted by Crippen LogP contribution is 2.18. The summed E-state index contributed by atoms with van der Waals surface area (Å²) in [6.45, 7) is 0.888. The Balaban J connectivity index is 2.00. The van der Waals surface area contributed by atoms with Gasteiger partial charge < -0.3 is 32.9 Å². The number of carbonyl (C=O) groups is 4. The molecule has 2 rings (SSSR count). The number of guanidine groups is 1. The topological polar surface area (TPSA) is 227 Å². The number of aliphatic carboxylic acids is 1. The van der Waals surface area contributed by atoms with Gasteiger partial charge >= 0.3 is 12.0 Å². The van der Waals surface area contributed by atoms with Crippen molar-refractivity contribution in [3.05, 3.63) is 65.2 Å². The van der Waals surface area contributed by atoms with E-state index in [9.17, 15) is 24.3 Å². The summed E-state index contributed by atoms with van der Waals surface area (Å²) in [5, 5.41) is 14.4. The van der Waals surface area contributed by atoms with Gasteiger partial charge in [-0.25, -0.2) is 15.2 Å². The summed E-state index contributed by atoms with van der Waals surface area (Å²) in [6.07, 6.45) is 0.214. The third-order valence-electron chi connectivity index (χ3n) is 4.58. The molecule has 0 aliphatic rings. The van der Waals surface area contributed by atoms with Crippen LogP contribution in [-0.2, 0) is 4.79 Å². The summed E-state index contributed by atoms with van der Waals surface area (Å²) >= 11 is 0. The molecule has 35 heavy (non-hydrogen) atoms. The highest BCUT2D eigenvalue weighted by molar-refractivity contribution is 5.96. The van der Waals surface area contributed by atoms with E-state index in [-0.39, 0.29) is 17.4 Å². The normalized spacial score (nSPS) is 11.0. The first-order valence-corrected chi connectivity index (χ1v) is 10.6. The molecule has 0 aromatic heterocycles.